The number of aromatic nitrogens is 3. The largest absolute Gasteiger partial charge is 0.290 e. The summed E-state index contributed by atoms with van der Waals surface area (Å²) in [5, 5.41) is 0.484. The van der Waals surface area contributed by atoms with Crippen LogP contribution in [0.1, 0.15) is 5.56 Å². The lowest BCUT2D eigenvalue weighted by molar-refractivity contribution is 1.11. The fourth-order valence-corrected chi connectivity index (χ4v) is 2.11. The van der Waals surface area contributed by atoms with Crippen molar-refractivity contribution >= 4 is 17.4 Å². The molecule has 0 N–H and O–H groups in total. The second-order valence-corrected chi connectivity index (χ2v) is 4.25. The minimum atomic E-state index is 0.484. The third-order valence-electron chi connectivity index (χ3n) is 2.77. The molecule has 0 spiro atoms. The van der Waals surface area contributed by atoms with Gasteiger partial charge in [-0.15, -0.1) is 0 Å². The summed E-state index contributed by atoms with van der Waals surface area (Å²) in [5.41, 5.74) is 3.20. The van der Waals surface area contributed by atoms with Gasteiger partial charge >= 0.3 is 0 Å². The first-order chi connectivity index (χ1) is 8.25. The van der Waals surface area contributed by atoms with Gasteiger partial charge in [-0.1, -0.05) is 35.9 Å². The quantitative estimate of drug-likeness (QED) is 0.614. The molecule has 0 unspecified atom stereocenters. The van der Waals surface area contributed by atoms with Crippen molar-refractivity contribution in [3.8, 4) is 11.1 Å². The molecule has 1 aromatic carbocycles. The van der Waals surface area contributed by atoms with Gasteiger partial charge in [0.1, 0.15) is 5.15 Å². The normalized spacial score (nSPS) is 10.9. The molecule has 0 aliphatic carbocycles. The van der Waals surface area contributed by atoms with Crippen LogP contribution in [0.5, 0.6) is 0 Å². The second-order valence-electron chi connectivity index (χ2n) is 3.89. The molecule has 3 rings (SSSR count). The van der Waals surface area contributed by atoms with E-state index in [0.29, 0.717) is 10.9 Å². The summed E-state index contributed by atoms with van der Waals surface area (Å²) >= 11 is 6.20. The third-order valence-corrected chi connectivity index (χ3v) is 3.06. The molecule has 3 nitrogen and oxygen atoms in total. The molecule has 0 bridgehead atoms. The summed E-state index contributed by atoms with van der Waals surface area (Å²) in [5.74, 6) is 0.618. The van der Waals surface area contributed by atoms with Crippen molar-refractivity contribution in [3.63, 3.8) is 0 Å². The molecule has 0 saturated heterocycles. The van der Waals surface area contributed by atoms with Gasteiger partial charge in [0, 0.05) is 24.2 Å². The molecule has 4 heteroatoms. The van der Waals surface area contributed by atoms with Crippen LogP contribution in [-0.2, 0) is 0 Å². The number of rotatable bonds is 1. The predicted molar refractivity (Wildman–Crippen MR) is 68.2 cm³/mol. The first-order valence-corrected chi connectivity index (χ1v) is 5.69. The Morgan fingerprint density at radius 3 is 2.82 bits per heavy atom. The molecule has 2 heterocycles. The molecule has 0 radical (unpaired) electrons. The highest BCUT2D eigenvalue weighted by Crippen LogP contribution is 2.28. The molecule has 0 fully saturated rings. The molecule has 0 aliphatic heterocycles. The highest BCUT2D eigenvalue weighted by atomic mass is 35.5. The zero-order valence-corrected chi connectivity index (χ0v) is 10.0. The average Bonchev–Trinajstić information content (AvgIpc) is 2.76. The lowest BCUT2D eigenvalue weighted by Crippen LogP contribution is -1.93. The van der Waals surface area contributed by atoms with Gasteiger partial charge in [-0.05, 0) is 18.1 Å². The van der Waals surface area contributed by atoms with Gasteiger partial charge in [-0.2, -0.15) is 4.98 Å². The lowest BCUT2D eigenvalue weighted by atomic mass is 10.0. The Morgan fingerprint density at radius 1 is 1.18 bits per heavy atom. The van der Waals surface area contributed by atoms with E-state index in [-0.39, 0.29) is 0 Å². The SMILES string of the molecule is Cc1ccccc1-c1cn2ccnc2nc1Cl. The van der Waals surface area contributed by atoms with Crippen molar-refractivity contribution in [3.05, 3.63) is 53.6 Å². The fourth-order valence-electron chi connectivity index (χ4n) is 1.89. The molecular formula is C13H10ClN3. The van der Waals surface area contributed by atoms with Crippen LogP contribution in [-0.4, -0.2) is 14.4 Å². The zero-order valence-electron chi connectivity index (χ0n) is 9.26. The summed E-state index contributed by atoms with van der Waals surface area (Å²) in [7, 11) is 0. The van der Waals surface area contributed by atoms with Crippen LogP contribution in [0.2, 0.25) is 5.15 Å². The van der Waals surface area contributed by atoms with Crippen LogP contribution in [0.3, 0.4) is 0 Å². The number of imidazole rings is 1. The molecular weight excluding hydrogens is 234 g/mol. The first kappa shape index (κ1) is 10.3. The number of halogens is 1. The van der Waals surface area contributed by atoms with E-state index in [4.69, 9.17) is 11.6 Å². The Kier molecular flexibility index (Phi) is 2.34. The molecule has 0 atom stereocenters. The third kappa shape index (κ3) is 1.68. The van der Waals surface area contributed by atoms with Crippen LogP contribution < -0.4 is 0 Å². The number of hydrogen-bond donors (Lipinski definition) is 0. The van der Waals surface area contributed by atoms with E-state index in [0.717, 1.165) is 11.1 Å². The molecule has 2 aromatic heterocycles. The molecule has 0 aliphatic rings. The van der Waals surface area contributed by atoms with Crippen molar-refractivity contribution in [2.24, 2.45) is 0 Å². The van der Waals surface area contributed by atoms with Crippen LogP contribution in [0.25, 0.3) is 16.9 Å². The van der Waals surface area contributed by atoms with E-state index >= 15 is 0 Å². The average molecular weight is 244 g/mol. The molecule has 0 amide bonds. The van der Waals surface area contributed by atoms with E-state index in [9.17, 15) is 0 Å². The highest BCUT2D eigenvalue weighted by molar-refractivity contribution is 6.32. The van der Waals surface area contributed by atoms with E-state index < -0.39 is 0 Å². The van der Waals surface area contributed by atoms with Gasteiger partial charge in [0.2, 0.25) is 5.78 Å². The topological polar surface area (TPSA) is 30.2 Å². The fraction of sp³-hybridized carbons (Fsp3) is 0.0769. The molecule has 0 saturated carbocycles. The van der Waals surface area contributed by atoms with Gasteiger partial charge in [0.15, 0.2) is 0 Å². The van der Waals surface area contributed by atoms with E-state index in [2.05, 4.69) is 23.0 Å². The minimum absolute atomic E-state index is 0.484. The monoisotopic (exact) mass is 243 g/mol. The van der Waals surface area contributed by atoms with Gasteiger partial charge in [0.25, 0.3) is 0 Å². The summed E-state index contributed by atoms with van der Waals surface area (Å²) in [6.07, 6.45) is 5.53. The van der Waals surface area contributed by atoms with Crippen molar-refractivity contribution in [2.45, 2.75) is 6.92 Å². The standard InChI is InChI=1S/C13H10ClN3/c1-9-4-2-3-5-10(9)11-8-17-7-6-15-13(17)16-12(11)14/h2-8H,1H3. The molecule has 84 valence electrons. The molecule has 17 heavy (non-hydrogen) atoms. The number of benzene rings is 1. The van der Waals surface area contributed by atoms with E-state index in [1.807, 2.05) is 35.0 Å². The van der Waals surface area contributed by atoms with Gasteiger partial charge in [-0.3, -0.25) is 4.40 Å². The Hall–Kier alpha value is -1.87. The lowest BCUT2D eigenvalue weighted by Gasteiger charge is -2.07. The van der Waals surface area contributed by atoms with Gasteiger partial charge in [0.05, 0.1) is 0 Å². The maximum Gasteiger partial charge on any atom is 0.235 e. The summed E-state index contributed by atoms with van der Waals surface area (Å²) < 4.78 is 1.87. The van der Waals surface area contributed by atoms with Crippen molar-refractivity contribution < 1.29 is 0 Å². The van der Waals surface area contributed by atoms with Gasteiger partial charge in [-0.25, -0.2) is 4.98 Å². The Labute approximate surface area is 104 Å². The van der Waals surface area contributed by atoms with Crippen LogP contribution in [0.4, 0.5) is 0 Å². The zero-order chi connectivity index (χ0) is 11.8. The number of hydrogen-bond acceptors (Lipinski definition) is 2. The highest BCUT2D eigenvalue weighted by Gasteiger charge is 2.09. The summed E-state index contributed by atoms with van der Waals surface area (Å²) in [4.78, 5) is 8.37. The number of fused-ring (bicyclic) bond motifs is 1. The van der Waals surface area contributed by atoms with Crippen molar-refractivity contribution in [2.75, 3.05) is 0 Å². The minimum Gasteiger partial charge on any atom is -0.290 e. The maximum atomic E-state index is 6.20. The Bertz CT molecular complexity index is 688. The number of nitrogens with zero attached hydrogens (tertiary/aromatic N) is 3. The first-order valence-electron chi connectivity index (χ1n) is 5.31. The Balaban J connectivity index is 2.30. The summed E-state index contributed by atoms with van der Waals surface area (Å²) in [6, 6.07) is 8.11. The van der Waals surface area contributed by atoms with E-state index in [1.165, 1.54) is 5.56 Å². The maximum absolute atomic E-state index is 6.20. The van der Waals surface area contributed by atoms with E-state index in [1.54, 1.807) is 6.20 Å². The smallest absolute Gasteiger partial charge is 0.235 e. The van der Waals surface area contributed by atoms with Crippen molar-refractivity contribution in [1.29, 1.82) is 0 Å². The van der Waals surface area contributed by atoms with Gasteiger partial charge < -0.3 is 0 Å². The molecule has 3 aromatic rings. The predicted octanol–water partition coefficient (Wildman–Crippen LogP) is 3.36. The Morgan fingerprint density at radius 2 is 2.00 bits per heavy atom. The van der Waals surface area contributed by atoms with Crippen molar-refractivity contribution in [1.82, 2.24) is 14.4 Å². The second kappa shape index (κ2) is 3.86. The summed E-state index contributed by atoms with van der Waals surface area (Å²) in [6.45, 7) is 2.06. The number of aryl methyl sites for hydroxylation is 1. The van der Waals surface area contributed by atoms with Crippen LogP contribution >= 0.6 is 11.6 Å². The van der Waals surface area contributed by atoms with Crippen LogP contribution in [0, 0.1) is 6.92 Å². The van der Waals surface area contributed by atoms with Crippen LogP contribution in [0.15, 0.2) is 42.9 Å².